The van der Waals surface area contributed by atoms with Gasteiger partial charge in [-0.05, 0) is 17.0 Å². The average molecular weight is 244 g/mol. The summed E-state index contributed by atoms with van der Waals surface area (Å²) < 4.78 is 0. The molecule has 3 rings (SSSR count). The zero-order chi connectivity index (χ0) is 11.5. The second-order valence-electron chi connectivity index (χ2n) is 4.31. The zero-order valence-corrected chi connectivity index (χ0v) is 10.5. The molecule has 0 aliphatic carbocycles. The van der Waals surface area contributed by atoms with Crippen LogP contribution in [0.4, 0.5) is 5.69 Å². The molecule has 0 amide bonds. The molecule has 0 saturated carbocycles. The van der Waals surface area contributed by atoms with Gasteiger partial charge in [0.15, 0.2) is 0 Å². The van der Waals surface area contributed by atoms with Crippen molar-refractivity contribution in [2.24, 2.45) is 0 Å². The van der Waals surface area contributed by atoms with Gasteiger partial charge in [-0.2, -0.15) is 11.3 Å². The highest BCUT2D eigenvalue weighted by molar-refractivity contribution is 7.08. The maximum atomic E-state index is 3.49. The number of hydrogen-bond acceptors (Lipinski definition) is 3. The summed E-state index contributed by atoms with van der Waals surface area (Å²) >= 11 is 1.77. The van der Waals surface area contributed by atoms with E-state index < -0.39 is 0 Å². The lowest BCUT2D eigenvalue weighted by molar-refractivity contribution is 0.490. The third-order valence-electron chi connectivity index (χ3n) is 3.27. The van der Waals surface area contributed by atoms with Gasteiger partial charge in [0.2, 0.25) is 0 Å². The van der Waals surface area contributed by atoms with Gasteiger partial charge in [0.05, 0.1) is 6.04 Å². The molecule has 88 valence electrons. The maximum absolute atomic E-state index is 3.49. The second-order valence-corrected chi connectivity index (χ2v) is 5.09. The molecule has 1 fully saturated rings. The monoisotopic (exact) mass is 244 g/mol. The summed E-state index contributed by atoms with van der Waals surface area (Å²) in [6, 6.07) is 13.4. The van der Waals surface area contributed by atoms with Gasteiger partial charge in [0.1, 0.15) is 0 Å². The van der Waals surface area contributed by atoms with Crippen LogP contribution >= 0.6 is 11.3 Å². The lowest BCUT2D eigenvalue weighted by atomic mass is 10.0. The van der Waals surface area contributed by atoms with E-state index in [1.807, 2.05) is 0 Å². The number of nitrogens with one attached hydrogen (secondary N) is 1. The molecule has 1 aromatic carbocycles. The van der Waals surface area contributed by atoms with E-state index in [9.17, 15) is 0 Å². The molecule has 1 aliphatic heterocycles. The molecular weight excluding hydrogens is 228 g/mol. The van der Waals surface area contributed by atoms with Crippen LogP contribution in [0.15, 0.2) is 47.2 Å². The average Bonchev–Trinajstić information content (AvgIpc) is 2.94. The Morgan fingerprint density at radius 2 is 2.06 bits per heavy atom. The third-order valence-corrected chi connectivity index (χ3v) is 3.94. The number of benzene rings is 1. The van der Waals surface area contributed by atoms with Gasteiger partial charge in [-0.1, -0.05) is 30.3 Å². The first-order valence-electron chi connectivity index (χ1n) is 5.99. The van der Waals surface area contributed by atoms with Crippen molar-refractivity contribution in [3.63, 3.8) is 0 Å². The summed E-state index contributed by atoms with van der Waals surface area (Å²) in [5, 5.41) is 7.88. The van der Waals surface area contributed by atoms with Crippen molar-refractivity contribution in [3.8, 4) is 0 Å². The fourth-order valence-corrected chi connectivity index (χ4v) is 3.06. The molecule has 2 heterocycles. The van der Waals surface area contributed by atoms with Gasteiger partial charge >= 0.3 is 0 Å². The molecule has 0 spiro atoms. The number of hydrogen-bond donors (Lipinski definition) is 1. The Labute approximate surface area is 106 Å². The SMILES string of the molecule is c1ccc(C2CNCCN2c2ccsc2)cc1. The molecule has 1 N–H and O–H groups in total. The molecule has 0 radical (unpaired) electrons. The summed E-state index contributed by atoms with van der Waals surface area (Å²) in [6.45, 7) is 3.18. The van der Waals surface area contributed by atoms with E-state index in [4.69, 9.17) is 0 Å². The van der Waals surface area contributed by atoms with Crippen molar-refractivity contribution in [3.05, 3.63) is 52.7 Å². The molecule has 1 aromatic heterocycles. The van der Waals surface area contributed by atoms with Crippen molar-refractivity contribution in [2.75, 3.05) is 24.5 Å². The molecular formula is C14H16N2S. The topological polar surface area (TPSA) is 15.3 Å². The highest BCUT2D eigenvalue weighted by atomic mass is 32.1. The van der Waals surface area contributed by atoms with Gasteiger partial charge in [-0.3, -0.25) is 0 Å². The van der Waals surface area contributed by atoms with Gasteiger partial charge in [0, 0.05) is 30.7 Å². The van der Waals surface area contributed by atoms with E-state index in [0.717, 1.165) is 19.6 Å². The molecule has 1 unspecified atom stereocenters. The first-order chi connectivity index (χ1) is 8.45. The third kappa shape index (κ3) is 2.21. The smallest absolute Gasteiger partial charge is 0.0667 e. The van der Waals surface area contributed by atoms with Crippen LogP contribution in [0.2, 0.25) is 0 Å². The van der Waals surface area contributed by atoms with Crippen molar-refractivity contribution in [2.45, 2.75) is 6.04 Å². The zero-order valence-electron chi connectivity index (χ0n) is 9.67. The van der Waals surface area contributed by atoms with E-state index in [0.29, 0.717) is 6.04 Å². The normalized spacial score (nSPS) is 20.5. The summed E-state index contributed by atoms with van der Waals surface area (Å²) in [4.78, 5) is 2.50. The van der Waals surface area contributed by atoms with Crippen LogP contribution in [-0.4, -0.2) is 19.6 Å². The molecule has 2 nitrogen and oxygen atoms in total. The maximum Gasteiger partial charge on any atom is 0.0667 e. The van der Waals surface area contributed by atoms with Crippen LogP contribution in [0.25, 0.3) is 0 Å². The van der Waals surface area contributed by atoms with E-state index in [2.05, 4.69) is 57.4 Å². The molecule has 3 heteroatoms. The van der Waals surface area contributed by atoms with E-state index in [1.165, 1.54) is 11.3 Å². The summed E-state index contributed by atoms with van der Waals surface area (Å²) in [7, 11) is 0. The number of piperazine rings is 1. The fraction of sp³-hybridized carbons (Fsp3) is 0.286. The molecule has 2 aromatic rings. The summed E-state index contributed by atoms with van der Waals surface area (Å²) in [5.41, 5.74) is 2.75. The quantitative estimate of drug-likeness (QED) is 0.874. The minimum atomic E-state index is 0.458. The highest BCUT2D eigenvalue weighted by Crippen LogP contribution is 2.29. The molecule has 1 aliphatic rings. The van der Waals surface area contributed by atoms with Gasteiger partial charge in [-0.15, -0.1) is 0 Å². The molecule has 1 saturated heterocycles. The van der Waals surface area contributed by atoms with Crippen LogP contribution in [0.5, 0.6) is 0 Å². The minimum Gasteiger partial charge on any atom is -0.361 e. The van der Waals surface area contributed by atoms with E-state index in [1.54, 1.807) is 11.3 Å². The number of thiophene rings is 1. The van der Waals surface area contributed by atoms with E-state index >= 15 is 0 Å². The highest BCUT2D eigenvalue weighted by Gasteiger charge is 2.23. The van der Waals surface area contributed by atoms with Crippen molar-refractivity contribution in [1.29, 1.82) is 0 Å². The minimum absolute atomic E-state index is 0.458. The molecule has 0 bridgehead atoms. The Balaban J connectivity index is 1.91. The van der Waals surface area contributed by atoms with Crippen LogP contribution in [0.1, 0.15) is 11.6 Å². The summed E-state index contributed by atoms with van der Waals surface area (Å²) in [5.74, 6) is 0. The second kappa shape index (κ2) is 4.90. The standard InChI is InChI=1S/C14H16N2S/c1-2-4-12(5-3-1)14-10-15-7-8-16(14)13-6-9-17-11-13/h1-6,9,11,14-15H,7-8,10H2. The van der Waals surface area contributed by atoms with Gasteiger partial charge in [0.25, 0.3) is 0 Å². The van der Waals surface area contributed by atoms with Crippen LogP contribution < -0.4 is 10.2 Å². The largest absolute Gasteiger partial charge is 0.361 e. The lowest BCUT2D eigenvalue weighted by Gasteiger charge is -2.37. The molecule has 1 atom stereocenters. The Hall–Kier alpha value is -1.32. The van der Waals surface area contributed by atoms with Crippen LogP contribution in [0.3, 0.4) is 0 Å². The fourth-order valence-electron chi connectivity index (χ4n) is 2.41. The van der Waals surface area contributed by atoms with Crippen molar-refractivity contribution >= 4 is 17.0 Å². The van der Waals surface area contributed by atoms with Crippen LogP contribution in [0, 0.1) is 0 Å². The van der Waals surface area contributed by atoms with Crippen LogP contribution in [-0.2, 0) is 0 Å². The number of nitrogens with zero attached hydrogens (tertiary/aromatic N) is 1. The lowest BCUT2D eigenvalue weighted by Crippen LogP contribution is -2.46. The number of rotatable bonds is 2. The first-order valence-corrected chi connectivity index (χ1v) is 6.94. The summed E-state index contributed by atoms with van der Waals surface area (Å²) in [6.07, 6.45) is 0. The predicted molar refractivity (Wildman–Crippen MR) is 73.7 cm³/mol. The van der Waals surface area contributed by atoms with Gasteiger partial charge in [-0.25, -0.2) is 0 Å². The Bertz CT molecular complexity index is 452. The number of anilines is 1. The molecule has 17 heavy (non-hydrogen) atoms. The first kappa shape index (κ1) is 10.8. The van der Waals surface area contributed by atoms with Gasteiger partial charge < -0.3 is 10.2 Å². The Kier molecular flexibility index (Phi) is 3.12. The van der Waals surface area contributed by atoms with Crippen molar-refractivity contribution < 1.29 is 0 Å². The predicted octanol–water partition coefficient (Wildman–Crippen LogP) is 2.90. The Morgan fingerprint density at radius 1 is 1.18 bits per heavy atom. The van der Waals surface area contributed by atoms with E-state index in [-0.39, 0.29) is 0 Å². The Morgan fingerprint density at radius 3 is 2.82 bits per heavy atom. The van der Waals surface area contributed by atoms with Crippen molar-refractivity contribution in [1.82, 2.24) is 5.32 Å².